The van der Waals surface area contributed by atoms with Gasteiger partial charge in [0.2, 0.25) is 6.29 Å². The van der Waals surface area contributed by atoms with E-state index in [-0.39, 0.29) is 12.2 Å². The summed E-state index contributed by atoms with van der Waals surface area (Å²) >= 11 is 0. The molecule has 0 fully saturated rings. The number of ketones is 1. The summed E-state index contributed by atoms with van der Waals surface area (Å²) in [6.07, 6.45) is -0.227. The molecule has 1 heterocycles. The molecule has 1 aliphatic heterocycles. The van der Waals surface area contributed by atoms with Crippen LogP contribution < -0.4 is 9.47 Å². The lowest BCUT2D eigenvalue weighted by atomic mass is 10.0. The van der Waals surface area contributed by atoms with Crippen LogP contribution in [-0.4, -0.2) is 26.3 Å². The number of carbonyl (C=O) groups excluding carboxylic acids is 1. The third kappa shape index (κ3) is 1.80. The van der Waals surface area contributed by atoms with Gasteiger partial charge in [0.15, 0.2) is 5.78 Å². The van der Waals surface area contributed by atoms with Crippen LogP contribution >= 0.6 is 0 Å². The van der Waals surface area contributed by atoms with Gasteiger partial charge in [-0.2, -0.15) is 0 Å². The molecule has 0 spiro atoms. The maximum Gasteiger partial charge on any atom is 0.206 e. The van der Waals surface area contributed by atoms with Crippen molar-refractivity contribution in [3.8, 4) is 11.5 Å². The van der Waals surface area contributed by atoms with E-state index in [9.17, 15) is 4.79 Å². The van der Waals surface area contributed by atoms with Gasteiger partial charge in [0.25, 0.3) is 0 Å². The topological polar surface area (TPSA) is 44.8 Å². The van der Waals surface area contributed by atoms with E-state index >= 15 is 0 Å². The number of methoxy groups -OCH3 is 2. The molecule has 4 heteroatoms. The zero-order valence-electron chi connectivity index (χ0n) is 8.65. The first-order valence-corrected chi connectivity index (χ1v) is 4.65. The number of benzene rings is 1. The van der Waals surface area contributed by atoms with Crippen LogP contribution in [0.4, 0.5) is 0 Å². The highest BCUT2D eigenvalue weighted by Gasteiger charge is 2.26. The van der Waals surface area contributed by atoms with Gasteiger partial charge in [0.1, 0.15) is 11.5 Å². The van der Waals surface area contributed by atoms with Gasteiger partial charge in [-0.3, -0.25) is 4.79 Å². The molecule has 1 aromatic carbocycles. The summed E-state index contributed by atoms with van der Waals surface area (Å²) in [4.78, 5) is 11.7. The Hall–Kier alpha value is -1.55. The minimum absolute atomic E-state index is 0.0157. The average Bonchev–Trinajstić information content (AvgIpc) is 2.28. The zero-order chi connectivity index (χ0) is 10.8. The van der Waals surface area contributed by atoms with Gasteiger partial charge in [-0.05, 0) is 18.2 Å². The van der Waals surface area contributed by atoms with Crippen molar-refractivity contribution in [3.05, 3.63) is 23.8 Å². The minimum atomic E-state index is -0.474. The molecule has 0 N–H and O–H groups in total. The highest BCUT2D eigenvalue weighted by atomic mass is 16.7. The third-order valence-electron chi connectivity index (χ3n) is 2.36. The van der Waals surface area contributed by atoms with Crippen LogP contribution in [0.15, 0.2) is 18.2 Å². The molecule has 0 saturated carbocycles. The molecule has 0 amide bonds. The lowest BCUT2D eigenvalue weighted by Gasteiger charge is -2.23. The van der Waals surface area contributed by atoms with Gasteiger partial charge in [0.05, 0.1) is 19.1 Å². The Morgan fingerprint density at radius 2 is 2.20 bits per heavy atom. The van der Waals surface area contributed by atoms with Gasteiger partial charge in [-0.15, -0.1) is 0 Å². The summed E-state index contributed by atoms with van der Waals surface area (Å²) in [6.45, 7) is 0. The van der Waals surface area contributed by atoms with Crippen LogP contribution in [-0.2, 0) is 4.74 Å². The third-order valence-corrected chi connectivity index (χ3v) is 2.36. The van der Waals surface area contributed by atoms with Crippen LogP contribution in [0, 0.1) is 0 Å². The molecule has 4 nitrogen and oxygen atoms in total. The van der Waals surface area contributed by atoms with Crippen LogP contribution in [0.25, 0.3) is 0 Å². The fourth-order valence-corrected chi connectivity index (χ4v) is 1.53. The second-order valence-electron chi connectivity index (χ2n) is 3.27. The highest BCUT2D eigenvalue weighted by molar-refractivity contribution is 6.00. The van der Waals surface area contributed by atoms with Crippen molar-refractivity contribution in [1.29, 1.82) is 0 Å². The quantitative estimate of drug-likeness (QED) is 0.741. The van der Waals surface area contributed by atoms with Crippen LogP contribution in [0.3, 0.4) is 0 Å². The van der Waals surface area contributed by atoms with Gasteiger partial charge >= 0.3 is 0 Å². The van der Waals surface area contributed by atoms with E-state index < -0.39 is 6.29 Å². The standard InChI is InChI=1S/C11H12O4/c1-13-7-3-4-10-8(5-7)9(12)6-11(14-2)15-10/h3-5,11H,6H2,1-2H3. The van der Waals surface area contributed by atoms with Crippen molar-refractivity contribution in [3.63, 3.8) is 0 Å². The Bertz CT molecular complexity index is 386. The van der Waals surface area contributed by atoms with Gasteiger partial charge in [-0.25, -0.2) is 0 Å². The Kier molecular flexibility index (Phi) is 2.60. The van der Waals surface area contributed by atoms with Crippen LogP contribution in [0.1, 0.15) is 16.8 Å². The number of rotatable bonds is 2. The summed E-state index contributed by atoms with van der Waals surface area (Å²) in [5.41, 5.74) is 0.558. The number of Topliss-reactive ketones (excluding diaryl/α,β-unsaturated/α-hetero) is 1. The molecule has 1 aromatic rings. The summed E-state index contributed by atoms with van der Waals surface area (Å²) in [7, 11) is 3.08. The summed E-state index contributed by atoms with van der Waals surface area (Å²) in [6, 6.07) is 5.16. The summed E-state index contributed by atoms with van der Waals surface area (Å²) in [5.74, 6) is 1.22. The lowest BCUT2D eigenvalue weighted by Crippen LogP contribution is -2.28. The largest absolute Gasteiger partial charge is 0.497 e. The van der Waals surface area contributed by atoms with E-state index in [1.54, 1.807) is 25.3 Å². The maximum atomic E-state index is 11.7. The summed E-state index contributed by atoms with van der Waals surface area (Å²) in [5, 5.41) is 0. The lowest BCUT2D eigenvalue weighted by molar-refractivity contribution is -0.0575. The molecule has 1 aliphatic rings. The number of carbonyl (C=O) groups is 1. The fraction of sp³-hybridized carbons (Fsp3) is 0.364. The first-order valence-electron chi connectivity index (χ1n) is 4.65. The molecule has 0 aliphatic carbocycles. The Balaban J connectivity index is 2.37. The van der Waals surface area contributed by atoms with E-state index in [2.05, 4.69) is 0 Å². The molecule has 15 heavy (non-hydrogen) atoms. The van der Waals surface area contributed by atoms with E-state index in [1.165, 1.54) is 7.11 Å². The number of hydrogen-bond acceptors (Lipinski definition) is 4. The molecule has 0 aromatic heterocycles. The number of ether oxygens (including phenoxy) is 3. The Morgan fingerprint density at radius 1 is 1.40 bits per heavy atom. The van der Waals surface area contributed by atoms with Crippen molar-refractivity contribution in [2.75, 3.05) is 14.2 Å². The maximum absolute atomic E-state index is 11.7. The minimum Gasteiger partial charge on any atom is -0.497 e. The average molecular weight is 208 g/mol. The zero-order valence-corrected chi connectivity index (χ0v) is 8.65. The van der Waals surface area contributed by atoms with E-state index in [0.29, 0.717) is 17.1 Å². The molecule has 2 rings (SSSR count). The van der Waals surface area contributed by atoms with Crippen molar-refractivity contribution in [2.45, 2.75) is 12.7 Å². The predicted molar refractivity (Wildman–Crippen MR) is 53.4 cm³/mol. The van der Waals surface area contributed by atoms with E-state index in [1.807, 2.05) is 0 Å². The number of hydrogen-bond donors (Lipinski definition) is 0. The second-order valence-corrected chi connectivity index (χ2v) is 3.27. The Labute approximate surface area is 87.8 Å². The number of fused-ring (bicyclic) bond motifs is 1. The van der Waals surface area contributed by atoms with Crippen LogP contribution in [0.5, 0.6) is 11.5 Å². The molecule has 0 saturated heterocycles. The molecular formula is C11H12O4. The van der Waals surface area contributed by atoms with E-state index in [4.69, 9.17) is 14.2 Å². The molecule has 0 radical (unpaired) electrons. The summed E-state index contributed by atoms with van der Waals surface area (Å²) < 4.78 is 15.5. The molecular weight excluding hydrogens is 196 g/mol. The molecule has 80 valence electrons. The first-order chi connectivity index (χ1) is 7.24. The SMILES string of the molecule is COc1ccc2c(c1)C(=O)CC(OC)O2. The molecule has 0 bridgehead atoms. The van der Waals surface area contributed by atoms with Crippen molar-refractivity contribution < 1.29 is 19.0 Å². The van der Waals surface area contributed by atoms with Gasteiger partial charge < -0.3 is 14.2 Å². The monoisotopic (exact) mass is 208 g/mol. The van der Waals surface area contributed by atoms with Crippen molar-refractivity contribution >= 4 is 5.78 Å². The van der Waals surface area contributed by atoms with Crippen molar-refractivity contribution in [1.82, 2.24) is 0 Å². The second kappa shape index (κ2) is 3.90. The first kappa shape index (κ1) is 9.98. The van der Waals surface area contributed by atoms with Gasteiger partial charge in [-0.1, -0.05) is 0 Å². The van der Waals surface area contributed by atoms with Crippen molar-refractivity contribution in [2.24, 2.45) is 0 Å². The van der Waals surface area contributed by atoms with Gasteiger partial charge in [0, 0.05) is 7.11 Å². The van der Waals surface area contributed by atoms with Crippen LogP contribution in [0.2, 0.25) is 0 Å². The normalized spacial score (nSPS) is 19.3. The Morgan fingerprint density at radius 3 is 2.87 bits per heavy atom. The molecule has 1 atom stereocenters. The fourth-order valence-electron chi connectivity index (χ4n) is 1.53. The highest BCUT2D eigenvalue weighted by Crippen LogP contribution is 2.30. The smallest absolute Gasteiger partial charge is 0.206 e. The predicted octanol–water partition coefficient (Wildman–Crippen LogP) is 1.63. The molecule has 1 unspecified atom stereocenters. The van der Waals surface area contributed by atoms with E-state index in [0.717, 1.165) is 0 Å².